The minimum absolute atomic E-state index is 0.0257. The van der Waals surface area contributed by atoms with E-state index < -0.39 is 29.4 Å². The summed E-state index contributed by atoms with van der Waals surface area (Å²) in [5, 5.41) is 10.4. The summed E-state index contributed by atoms with van der Waals surface area (Å²) in [6.45, 7) is 5.20. The maximum absolute atomic E-state index is 13.6. The monoisotopic (exact) mass is 387 g/mol. The number of rotatable bonds is 4. The van der Waals surface area contributed by atoms with Crippen molar-refractivity contribution in [2.45, 2.75) is 26.7 Å². The molecule has 3 aromatic rings. The van der Waals surface area contributed by atoms with E-state index in [1.54, 1.807) is 20.8 Å². The molecule has 2 aromatic carbocycles. The van der Waals surface area contributed by atoms with Crippen LogP contribution in [0, 0.1) is 18.6 Å². The Labute approximate surface area is 160 Å². The molecule has 5 nitrogen and oxygen atoms in total. The van der Waals surface area contributed by atoms with Crippen LogP contribution in [0.3, 0.4) is 0 Å². The lowest BCUT2D eigenvalue weighted by Gasteiger charge is -2.12. The normalized spacial score (nSPS) is 12.2. The van der Waals surface area contributed by atoms with Gasteiger partial charge in [0, 0.05) is 16.6 Å². The SMILES string of the molecule is CCOC(=O)[C@H](C)c1c(C)n(C(=O)c2ccc(F)c(F)c2)c2ccc(O)cc12. The Morgan fingerprint density at radius 1 is 1.14 bits per heavy atom. The van der Waals surface area contributed by atoms with Crippen LogP contribution >= 0.6 is 0 Å². The average Bonchev–Trinajstić information content (AvgIpc) is 2.94. The fourth-order valence-electron chi connectivity index (χ4n) is 3.38. The molecule has 3 rings (SSSR count). The number of carbonyl (C=O) groups is 2. The largest absolute Gasteiger partial charge is 0.508 e. The van der Waals surface area contributed by atoms with Crippen LogP contribution in [-0.2, 0) is 9.53 Å². The van der Waals surface area contributed by atoms with Crippen LogP contribution in [0.4, 0.5) is 8.78 Å². The predicted octanol–water partition coefficient (Wildman–Crippen LogP) is 4.29. The number of halogens is 2. The van der Waals surface area contributed by atoms with Crippen molar-refractivity contribution in [1.29, 1.82) is 0 Å². The third kappa shape index (κ3) is 3.24. The molecule has 0 saturated heterocycles. The Hall–Kier alpha value is -3.22. The number of carbonyl (C=O) groups excluding carboxylic acids is 2. The van der Waals surface area contributed by atoms with Gasteiger partial charge >= 0.3 is 5.97 Å². The Balaban J connectivity index is 2.23. The number of benzene rings is 2. The lowest BCUT2D eigenvalue weighted by Crippen LogP contribution is -2.17. The molecule has 0 aliphatic rings. The maximum Gasteiger partial charge on any atom is 0.313 e. The molecule has 1 heterocycles. The third-order valence-electron chi connectivity index (χ3n) is 4.68. The Kier molecular flexibility index (Phi) is 5.18. The summed E-state index contributed by atoms with van der Waals surface area (Å²) >= 11 is 0. The van der Waals surface area contributed by atoms with Crippen molar-refractivity contribution >= 4 is 22.8 Å². The quantitative estimate of drug-likeness (QED) is 0.678. The van der Waals surface area contributed by atoms with Crippen LogP contribution in [0.15, 0.2) is 36.4 Å². The van der Waals surface area contributed by atoms with E-state index in [0.717, 1.165) is 12.1 Å². The highest BCUT2D eigenvalue weighted by Gasteiger charge is 2.27. The zero-order valence-corrected chi connectivity index (χ0v) is 15.6. The summed E-state index contributed by atoms with van der Waals surface area (Å²) in [5.41, 5.74) is 1.38. The number of nitrogens with zero attached hydrogens (tertiary/aromatic N) is 1. The molecule has 1 N–H and O–H groups in total. The molecule has 7 heteroatoms. The van der Waals surface area contributed by atoms with Gasteiger partial charge in [0.05, 0.1) is 18.0 Å². The third-order valence-corrected chi connectivity index (χ3v) is 4.68. The lowest BCUT2D eigenvalue weighted by atomic mass is 9.98. The number of phenolic OH excluding ortho intramolecular Hbond substituents is 1. The van der Waals surface area contributed by atoms with Gasteiger partial charge in [-0.2, -0.15) is 0 Å². The highest BCUT2D eigenvalue weighted by molar-refractivity contribution is 6.05. The first-order valence-corrected chi connectivity index (χ1v) is 8.76. The van der Waals surface area contributed by atoms with E-state index in [1.165, 1.54) is 28.8 Å². The molecule has 0 bridgehead atoms. The molecule has 1 atom stereocenters. The van der Waals surface area contributed by atoms with Crippen LogP contribution < -0.4 is 0 Å². The zero-order valence-electron chi connectivity index (χ0n) is 15.6. The Morgan fingerprint density at radius 2 is 1.86 bits per heavy atom. The van der Waals surface area contributed by atoms with Gasteiger partial charge in [-0.05, 0) is 62.7 Å². The average molecular weight is 387 g/mol. The first kappa shape index (κ1) is 19.5. The summed E-state index contributed by atoms with van der Waals surface area (Å²) in [4.78, 5) is 25.3. The number of ether oxygens (including phenoxy) is 1. The second-order valence-electron chi connectivity index (χ2n) is 6.44. The molecular formula is C21H19F2NO4. The molecular weight excluding hydrogens is 368 g/mol. The summed E-state index contributed by atoms with van der Waals surface area (Å²) < 4.78 is 33.3. The van der Waals surface area contributed by atoms with Gasteiger partial charge < -0.3 is 9.84 Å². The first-order valence-electron chi connectivity index (χ1n) is 8.76. The van der Waals surface area contributed by atoms with E-state index >= 15 is 0 Å². The molecule has 0 aliphatic heterocycles. The Morgan fingerprint density at radius 3 is 2.50 bits per heavy atom. The molecule has 0 saturated carbocycles. The van der Waals surface area contributed by atoms with Crippen LogP contribution in [-0.4, -0.2) is 28.2 Å². The second-order valence-corrected chi connectivity index (χ2v) is 6.44. The van der Waals surface area contributed by atoms with Crippen molar-refractivity contribution in [3.63, 3.8) is 0 Å². The molecule has 28 heavy (non-hydrogen) atoms. The molecule has 0 radical (unpaired) electrons. The summed E-state index contributed by atoms with van der Waals surface area (Å²) in [5.74, 6) is -3.93. The molecule has 0 aliphatic carbocycles. The number of aromatic nitrogens is 1. The van der Waals surface area contributed by atoms with Crippen molar-refractivity contribution in [3.05, 3.63) is 64.9 Å². The van der Waals surface area contributed by atoms with Gasteiger partial charge in [-0.25, -0.2) is 8.78 Å². The number of esters is 1. The lowest BCUT2D eigenvalue weighted by molar-refractivity contribution is -0.144. The number of aromatic hydroxyl groups is 1. The van der Waals surface area contributed by atoms with E-state index in [9.17, 15) is 23.5 Å². The number of fused-ring (bicyclic) bond motifs is 1. The molecule has 0 fully saturated rings. The van der Waals surface area contributed by atoms with Crippen LogP contribution in [0.5, 0.6) is 5.75 Å². The van der Waals surface area contributed by atoms with Crippen molar-refractivity contribution in [2.24, 2.45) is 0 Å². The van der Waals surface area contributed by atoms with Gasteiger partial charge in [-0.3, -0.25) is 14.2 Å². The number of hydrogen-bond acceptors (Lipinski definition) is 4. The Bertz CT molecular complexity index is 1090. The standard InChI is InChI=1S/C21H19F2NO4/c1-4-28-21(27)11(2)19-12(3)24(18-8-6-14(25)10-15(18)19)20(26)13-5-7-16(22)17(23)9-13/h5-11,25H,4H2,1-3H3/t11-/m1/s1. The van der Waals surface area contributed by atoms with Gasteiger partial charge in [0.1, 0.15) is 5.75 Å². The van der Waals surface area contributed by atoms with E-state index in [2.05, 4.69) is 0 Å². The zero-order chi connectivity index (χ0) is 20.6. The minimum atomic E-state index is -1.13. The molecule has 0 amide bonds. The molecule has 146 valence electrons. The van der Waals surface area contributed by atoms with Crippen molar-refractivity contribution in [1.82, 2.24) is 4.57 Å². The summed E-state index contributed by atoms with van der Waals surface area (Å²) in [7, 11) is 0. The van der Waals surface area contributed by atoms with Gasteiger partial charge in [-0.15, -0.1) is 0 Å². The molecule has 0 spiro atoms. The van der Waals surface area contributed by atoms with Crippen LogP contribution in [0.25, 0.3) is 10.9 Å². The van der Waals surface area contributed by atoms with Gasteiger partial charge in [0.15, 0.2) is 11.6 Å². The van der Waals surface area contributed by atoms with E-state index in [0.29, 0.717) is 22.2 Å². The van der Waals surface area contributed by atoms with Crippen molar-refractivity contribution in [2.75, 3.05) is 6.61 Å². The summed E-state index contributed by atoms with van der Waals surface area (Å²) in [6.07, 6.45) is 0. The fraction of sp³-hybridized carbons (Fsp3) is 0.238. The number of hydrogen-bond donors (Lipinski definition) is 1. The van der Waals surface area contributed by atoms with Gasteiger partial charge in [0.2, 0.25) is 0 Å². The topological polar surface area (TPSA) is 68.5 Å². The van der Waals surface area contributed by atoms with Crippen molar-refractivity contribution in [3.8, 4) is 5.75 Å². The number of phenols is 1. The smallest absolute Gasteiger partial charge is 0.313 e. The van der Waals surface area contributed by atoms with Gasteiger partial charge in [0.25, 0.3) is 5.91 Å². The van der Waals surface area contributed by atoms with Crippen LogP contribution in [0.2, 0.25) is 0 Å². The van der Waals surface area contributed by atoms with E-state index in [1.807, 2.05) is 0 Å². The first-order chi connectivity index (χ1) is 13.3. The molecule has 1 aromatic heterocycles. The van der Waals surface area contributed by atoms with Crippen LogP contribution in [0.1, 0.15) is 41.4 Å². The van der Waals surface area contributed by atoms with Crippen molar-refractivity contribution < 1.29 is 28.2 Å². The van der Waals surface area contributed by atoms with E-state index in [4.69, 9.17) is 4.74 Å². The fourth-order valence-corrected chi connectivity index (χ4v) is 3.38. The molecule has 0 unspecified atom stereocenters. The van der Waals surface area contributed by atoms with E-state index in [-0.39, 0.29) is 17.9 Å². The minimum Gasteiger partial charge on any atom is -0.508 e. The highest BCUT2D eigenvalue weighted by atomic mass is 19.2. The second kappa shape index (κ2) is 7.42. The predicted molar refractivity (Wildman–Crippen MR) is 99.5 cm³/mol. The highest BCUT2D eigenvalue weighted by Crippen LogP contribution is 2.35. The maximum atomic E-state index is 13.6. The summed E-state index contributed by atoms with van der Waals surface area (Å²) in [6, 6.07) is 7.32. The van der Waals surface area contributed by atoms with Gasteiger partial charge in [-0.1, -0.05) is 0 Å².